The molecule has 0 aliphatic rings. The predicted molar refractivity (Wildman–Crippen MR) is 67.6 cm³/mol. The first kappa shape index (κ1) is 11.5. The van der Waals surface area contributed by atoms with E-state index in [-0.39, 0.29) is 0 Å². The van der Waals surface area contributed by atoms with E-state index in [0.717, 1.165) is 5.56 Å². The van der Waals surface area contributed by atoms with Gasteiger partial charge in [-0.2, -0.15) is 0 Å². The van der Waals surface area contributed by atoms with Crippen LogP contribution in [0.25, 0.3) is 5.70 Å². The monoisotopic (exact) mass is 221 g/mol. The summed E-state index contributed by atoms with van der Waals surface area (Å²) in [4.78, 5) is 7.71. The molecule has 0 saturated carbocycles. The SMILES string of the molecule is C=N/C(C)=C(\N=C)c1ccc(N)c(Cl)c1. The van der Waals surface area contributed by atoms with Crippen LogP contribution in [0.5, 0.6) is 0 Å². The van der Waals surface area contributed by atoms with E-state index >= 15 is 0 Å². The fourth-order valence-corrected chi connectivity index (χ4v) is 1.34. The third-order valence-corrected chi connectivity index (χ3v) is 2.34. The van der Waals surface area contributed by atoms with E-state index in [4.69, 9.17) is 17.3 Å². The molecule has 4 heteroatoms. The Bertz CT molecular complexity index is 435. The molecule has 0 fully saturated rings. The summed E-state index contributed by atoms with van der Waals surface area (Å²) in [6, 6.07) is 5.27. The van der Waals surface area contributed by atoms with Crippen molar-refractivity contribution in [2.45, 2.75) is 6.92 Å². The highest BCUT2D eigenvalue weighted by atomic mass is 35.5. The van der Waals surface area contributed by atoms with Crippen LogP contribution in [0.15, 0.2) is 33.9 Å². The number of nitrogens with two attached hydrogens (primary N) is 1. The lowest BCUT2D eigenvalue weighted by atomic mass is 10.1. The van der Waals surface area contributed by atoms with Crippen LogP contribution in [0, 0.1) is 0 Å². The molecule has 0 bridgehead atoms. The molecule has 0 amide bonds. The van der Waals surface area contributed by atoms with Crippen LogP contribution < -0.4 is 5.73 Å². The summed E-state index contributed by atoms with van der Waals surface area (Å²) in [6.07, 6.45) is 0. The zero-order valence-corrected chi connectivity index (χ0v) is 9.25. The molecule has 1 aromatic rings. The van der Waals surface area contributed by atoms with Crippen LogP contribution >= 0.6 is 11.6 Å². The smallest absolute Gasteiger partial charge is 0.0906 e. The minimum atomic E-state index is 0.491. The standard InChI is InChI=1S/C11H12ClN3/c1-7(14-2)11(15-3)8-4-5-10(13)9(12)6-8/h4-6H,2-3,13H2,1H3/b11-7-. The Morgan fingerprint density at radius 2 is 2.00 bits per heavy atom. The molecule has 0 aliphatic carbocycles. The fourth-order valence-electron chi connectivity index (χ4n) is 1.16. The van der Waals surface area contributed by atoms with Gasteiger partial charge in [0.15, 0.2) is 0 Å². The van der Waals surface area contributed by atoms with Crippen molar-refractivity contribution in [2.75, 3.05) is 5.73 Å². The van der Waals surface area contributed by atoms with Crippen LogP contribution in [0.3, 0.4) is 0 Å². The molecule has 0 aliphatic heterocycles. The van der Waals surface area contributed by atoms with Gasteiger partial charge in [-0.25, -0.2) is 0 Å². The lowest BCUT2D eigenvalue weighted by Crippen LogP contribution is -1.89. The maximum Gasteiger partial charge on any atom is 0.0906 e. The number of halogens is 1. The number of hydrogen-bond donors (Lipinski definition) is 1. The Balaban J connectivity index is 3.32. The molecule has 0 saturated heterocycles. The zero-order chi connectivity index (χ0) is 11.4. The van der Waals surface area contributed by atoms with Crippen LogP contribution in [0.2, 0.25) is 5.02 Å². The molecule has 0 radical (unpaired) electrons. The maximum atomic E-state index is 5.91. The van der Waals surface area contributed by atoms with E-state index in [1.54, 1.807) is 19.1 Å². The molecule has 78 valence electrons. The first-order valence-corrected chi connectivity index (χ1v) is 4.67. The van der Waals surface area contributed by atoms with Gasteiger partial charge in [-0.1, -0.05) is 17.7 Å². The van der Waals surface area contributed by atoms with Gasteiger partial charge in [0.25, 0.3) is 0 Å². The van der Waals surface area contributed by atoms with Gasteiger partial charge in [0.2, 0.25) is 0 Å². The highest BCUT2D eigenvalue weighted by Crippen LogP contribution is 2.26. The van der Waals surface area contributed by atoms with E-state index < -0.39 is 0 Å². The van der Waals surface area contributed by atoms with Gasteiger partial charge < -0.3 is 5.73 Å². The van der Waals surface area contributed by atoms with E-state index in [1.807, 2.05) is 6.07 Å². The molecule has 3 nitrogen and oxygen atoms in total. The van der Waals surface area contributed by atoms with E-state index in [9.17, 15) is 0 Å². The van der Waals surface area contributed by atoms with Gasteiger partial charge in [0.05, 0.1) is 22.1 Å². The fraction of sp³-hybridized carbons (Fsp3) is 0.0909. The number of aliphatic imine (C=N–C) groups is 2. The molecular weight excluding hydrogens is 210 g/mol. The summed E-state index contributed by atoms with van der Waals surface area (Å²) in [5.74, 6) is 0. The summed E-state index contributed by atoms with van der Waals surface area (Å²) in [7, 11) is 0. The van der Waals surface area contributed by atoms with Gasteiger partial charge in [-0.05, 0) is 32.5 Å². The molecule has 2 N–H and O–H groups in total. The highest BCUT2D eigenvalue weighted by molar-refractivity contribution is 6.33. The summed E-state index contributed by atoms with van der Waals surface area (Å²) < 4.78 is 0. The molecule has 0 spiro atoms. The Morgan fingerprint density at radius 3 is 2.47 bits per heavy atom. The minimum Gasteiger partial charge on any atom is -0.398 e. The maximum absolute atomic E-state index is 5.91. The summed E-state index contributed by atoms with van der Waals surface area (Å²) in [5, 5.41) is 0.491. The van der Waals surface area contributed by atoms with Crippen molar-refractivity contribution in [3.63, 3.8) is 0 Å². The molecule has 15 heavy (non-hydrogen) atoms. The number of nitrogens with zero attached hydrogens (tertiary/aromatic N) is 2. The van der Waals surface area contributed by atoms with Gasteiger partial charge in [-0.15, -0.1) is 0 Å². The topological polar surface area (TPSA) is 50.7 Å². The van der Waals surface area contributed by atoms with E-state index in [2.05, 4.69) is 23.4 Å². The third kappa shape index (κ3) is 2.44. The quantitative estimate of drug-likeness (QED) is 0.619. The zero-order valence-electron chi connectivity index (χ0n) is 8.50. The highest BCUT2D eigenvalue weighted by Gasteiger charge is 2.05. The summed E-state index contributed by atoms with van der Waals surface area (Å²) in [6.45, 7) is 8.74. The van der Waals surface area contributed by atoms with Crippen LogP contribution in [0.4, 0.5) is 5.69 Å². The number of benzene rings is 1. The Labute approximate surface area is 94.0 Å². The first-order chi connectivity index (χ1) is 7.10. The minimum absolute atomic E-state index is 0.491. The second-order valence-electron chi connectivity index (χ2n) is 2.99. The number of rotatable bonds is 3. The lowest BCUT2D eigenvalue weighted by Gasteiger charge is -2.05. The van der Waals surface area contributed by atoms with Crippen molar-refractivity contribution >= 4 is 36.4 Å². The van der Waals surface area contributed by atoms with Crippen molar-refractivity contribution in [3.05, 3.63) is 34.5 Å². The number of allylic oxidation sites excluding steroid dienone is 1. The van der Waals surface area contributed by atoms with E-state index in [1.165, 1.54) is 0 Å². The van der Waals surface area contributed by atoms with Gasteiger partial charge >= 0.3 is 0 Å². The Kier molecular flexibility index (Phi) is 3.63. The van der Waals surface area contributed by atoms with Crippen LogP contribution in [0.1, 0.15) is 12.5 Å². The Morgan fingerprint density at radius 1 is 1.33 bits per heavy atom. The van der Waals surface area contributed by atoms with Gasteiger partial charge in [-0.3, -0.25) is 9.98 Å². The molecule has 0 heterocycles. The van der Waals surface area contributed by atoms with Crippen molar-refractivity contribution in [2.24, 2.45) is 9.98 Å². The first-order valence-electron chi connectivity index (χ1n) is 4.30. The van der Waals surface area contributed by atoms with Crippen molar-refractivity contribution in [3.8, 4) is 0 Å². The van der Waals surface area contributed by atoms with Crippen molar-refractivity contribution in [1.29, 1.82) is 0 Å². The van der Waals surface area contributed by atoms with Crippen molar-refractivity contribution < 1.29 is 0 Å². The largest absolute Gasteiger partial charge is 0.398 e. The average molecular weight is 222 g/mol. The number of anilines is 1. The normalized spacial score (nSPS) is 11.9. The Hall–Kier alpha value is -1.61. The number of nitrogen functional groups attached to an aromatic ring is 1. The lowest BCUT2D eigenvalue weighted by molar-refractivity contribution is 1.30. The second kappa shape index (κ2) is 4.75. The van der Waals surface area contributed by atoms with Gasteiger partial charge in [0, 0.05) is 5.56 Å². The second-order valence-corrected chi connectivity index (χ2v) is 3.39. The van der Waals surface area contributed by atoms with Crippen molar-refractivity contribution in [1.82, 2.24) is 0 Å². The molecular formula is C11H12ClN3. The molecule has 1 aromatic carbocycles. The molecule has 0 atom stereocenters. The molecule has 0 aromatic heterocycles. The average Bonchev–Trinajstić information content (AvgIpc) is 2.24. The van der Waals surface area contributed by atoms with Crippen LogP contribution in [-0.4, -0.2) is 13.4 Å². The molecule has 1 rings (SSSR count). The predicted octanol–water partition coefficient (Wildman–Crippen LogP) is 3.01. The number of hydrogen-bond acceptors (Lipinski definition) is 3. The third-order valence-electron chi connectivity index (χ3n) is 2.01. The van der Waals surface area contributed by atoms with Gasteiger partial charge in [0.1, 0.15) is 0 Å². The van der Waals surface area contributed by atoms with E-state index in [0.29, 0.717) is 22.1 Å². The summed E-state index contributed by atoms with van der Waals surface area (Å²) in [5.41, 5.74) is 8.33. The van der Waals surface area contributed by atoms with Crippen LogP contribution in [-0.2, 0) is 0 Å². The summed E-state index contributed by atoms with van der Waals surface area (Å²) >= 11 is 5.91. The molecule has 0 unspecified atom stereocenters.